The molecule has 2 heterocycles. The van der Waals surface area contributed by atoms with Crippen molar-refractivity contribution in [3.63, 3.8) is 0 Å². The molecule has 1 aromatic carbocycles. The minimum atomic E-state index is -0.255. The van der Waals surface area contributed by atoms with Crippen LogP contribution in [0.5, 0.6) is 11.5 Å². The molecule has 1 atom stereocenters. The predicted molar refractivity (Wildman–Crippen MR) is 112 cm³/mol. The molecule has 0 saturated carbocycles. The average Bonchev–Trinajstić information content (AvgIpc) is 3.24. The van der Waals surface area contributed by atoms with Gasteiger partial charge in [0.15, 0.2) is 5.82 Å². The standard InChI is InChI=1S/C21H32N6O3/c1-6-21(2,3)27-20(23-24-25-27)18(26-11-9-14(10-12-26)19(22)28)16-13-15(29-4)7-8-17(16)30-5/h7-8,13-14,18H,6,9-12H2,1-5H3,(H2,22,28)/t18-/m0/s1. The van der Waals surface area contributed by atoms with E-state index in [1.807, 2.05) is 22.9 Å². The highest BCUT2D eigenvalue weighted by Gasteiger charge is 2.36. The van der Waals surface area contributed by atoms with Gasteiger partial charge in [0, 0.05) is 11.5 Å². The van der Waals surface area contributed by atoms with Crippen LogP contribution in [0.15, 0.2) is 18.2 Å². The number of aromatic nitrogens is 4. The van der Waals surface area contributed by atoms with Crippen LogP contribution in [0.25, 0.3) is 0 Å². The first kappa shape index (κ1) is 22.0. The zero-order chi connectivity index (χ0) is 21.9. The Hall–Kier alpha value is -2.68. The molecule has 0 bridgehead atoms. The SMILES string of the molecule is CCC(C)(C)n1nnnc1[C@H](c1cc(OC)ccc1OC)N1CCC(C(N)=O)CC1. The first-order valence-corrected chi connectivity index (χ1v) is 10.4. The van der Waals surface area contributed by atoms with Gasteiger partial charge in [-0.15, -0.1) is 5.10 Å². The summed E-state index contributed by atoms with van der Waals surface area (Å²) in [4.78, 5) is 14.0. The minimum absolute atomic E-state index is 0.0998. The van der Waals surface area contributed by atoms with Crippen LogP contribution in [0.4, 0.5) is 0 Å². The van der Waals surface area contributed by atoms with Gasteiger partial charge in [-0.2, -0.15) is 0 Å². The summed E-state index contributed by atoms with van der Waals surface area (Å²) in [5.74, 6) is 1.88. The molecule has 1 aliphatic heterocycles. The van der Waals surface area contributed by atoms with Crippen molar-refractivity contribution in [3.8, 4) is 11.5 Å². The number of nitrogens with two attached hydrogens (primary N) is 1. The van der Waals surface area contributed by atoms with E-state index in [-0.39, 0.29) is 23.4 Å². The number of piperidine rings is 1. The Morgan fingerprint density at radius 3 is 2.53 bits per heavy atom. The molecule has 1 aliphatic rings. The van der Waals surface area contributed by atoms with E-state index in [1.54, 1.807) is 14.2 Å². The number of nitrogens with zero attached hydrogens (tertiary/aromatic N) is 5. The number of rotatable bonds is 8. The molecule has 0 radical (unpaired) electrons. The molecule has 0 aliphatic carbocycles. The summed E-state index contributed by atoms with van der Waals surface area (Å²) >= 11 is 0. The number of likely N-dealkylation sites (tertiary alicyclic amines) is 1. The van der Waals surface area contributed by atoms with Crippen LogP contribution >= 0.6 is 0 Å². The topological polar surface area (TPSA) is 108 Å². The molecule has 2 N–H and O–H groups in total. The van der Waals surface area contributed by atoms with E-state index in [0.717, 1.165) is 29.3 Å². The summed E-state index contributed by atoms with van der Waals surface area (Å²) in [6, 6.07) is 5.50. The molecule has 0 spiro atoms. The van der Waals surface area contributed by atoms with Crippen molar-refractivity contribution in [2.45, 2.75) is 51.6 Å². The largest absolute Gasteiger partial charge is 0.497 e. The lowest BCUT2D eigenvalue weighted by Gasteiger charge is -2.38. The van der Waals surface area contributed by atoms with Crippen LogP contribution < -0.4 is 15.2 Å². The van der Waals surface area contributed by atoms with E-state index in [0.29, 0.717) is 25.9 Å². The predicted octanol–water partition coefficient (Wildman–Crippen LogP) is 2.12. The molecular formula is C21H32N6O3. The number of ether oxygens (including phenoxy) is 2. The minimum Gasteiger partial charge on any atom is -0.497 e. The fourth-order valence-electron chi connectivity index (χ4n) is 3.94. The molecule has 1 amide bonds. The van der Waals surface area contributed by atoms with E-state index >= 15 is 0 Å². The van der Waals surface area contributed by atoms with E-state index in [9.17, 15) is 4.79 Å². The maximum Gasteiger partial charge on any atom is 0.220 e. The number of amides is 1. The third-order valence-corrected chi connectivity index (χ3v) is 6.21. The number of methoxy groups -OCH3 is 2. The number of tetrazole rings is 1. The first-order valence-electron chi connectivity index (χ1n) is 10.4. The Morgan fingerprint density at radius 1 is 1.27 bits per heavy atom. The van der Waals surface area contributed by atoms with Crippen LogP contribution in [0.1, 0.15) is 57.5 Å². The lowest BCUT2D eigenvalue weighted by Crippen LogP contribution is -2.42. The molecule has 30 heavy (non-hydrogen) atoms. The van der Waals surface area contributed by atoms with Gasteiger partial charge >= 0.3 is 0 Å². The molecule has 1 fully saturated rings. The van der Waals surface area contributed by atoms with E-state index in [1.165, 1.54) is 0 Å². The smallest absolute Gasteiger partial charge is 0.220 e. The Kier molecular flexibility index (Phi) is 6.60. The number of hydrogen-bond donors (Lipinski definition) is 1. The van der Waals surface area contributed by atoms with Crippen molar-refractivity contribution in [3.05, 3.63) is 29.6 Å². The van der Waals surface area contributed by atoms with Gasteiger partial charge in [0.05, 0.1) is 19.8 Å². The second-order valence-electron chi connectivity index (χ2n) is 8.34. The van der Waals surface area contributed by atoms with Crippen molar-refractivity contribution in [1.82, 2.24) is 25.1 Å². The maximum absolute atomic E-state index is 11.7. The van der Waals surface area contributed by atoms with E-state index < -0.39 is 0 Å². The highest BCUT2D eigenvalue weighted by molar-refractivity contribution is 5.76. The van der Waals surface area contributed by atoms with Crippen LogP contribution in [-0.2, 0) is 10.3 Å². The van der Waals surface area contributed by atoms with Gasteiger partial charge in [-0.1, -0.05) is 6.92 Å². The third-order valence-electron chi connectivity index (χ3n) is 6.21. The van der Waals surface area contributed by atoms with Crippen molar-refractivity contribution >= 4 is 5.91 Å². The van der Waals surface area contributed by atoms with Crippen LogP contribution in [0.2, 0.25) is 0 Å². The second-order valence-corrected chi connectivity index (χ2v) is 8.34. The zero-order valence-electron chi connectivity index (χ0n) is 18.5. The van der Waals surface area contributed by atoms with Gasteiger partial charge in [0.1, 0.15) is 17.5 Å². The summed E-state index contributed by atoms with van der Waals surface area (Å²) < 4.78 is 13.1. The maximum atomic E-state index is 11.7. The molecule has 2 aromatic rings. The van der Waals surface area contributed by atoms with Gasteiger partial charge in [0.2, 0.25) is 5.91 Å². The highest BCUT2D eigenvalue weighted by atomic mass is 16.5. The van der Waals surface area contributed by atoms with Gasteiger partial charge < -0.3 is 15.2 Å². The number of carbonyl (C=O) groups is 1. The normalized spacial score (nSPS) is 17.0. The number of carbonyl (C=O) groups excluding carboxylic acids is 1. The number of primary amides is 1. The zero-order valence-corrected chi connectivity index (χ0v) is 18.5. The second kappa shape index (κ2) is 8.99. The quantitative estimate of drug-likeness (QED) is 0.702. The van der Waals surface area contributed by atoms with Crippen LogP contribution in [0, 0.1) is 5.92 Å². The van der Waals surface area contributed by atoms with Crippen molar-refractivity contribution < 1.29 is 14.3 Å². The molecule has 3 rings (SSSR count). The van der Waals surface area contributed by atoms with Crippen molar-refractivity contribution in [2.24, 2.45) is 11.7 Å². The fourth-order valence-corrected chi connectivity index (χ4v) is 3.94. The van der Waals surface area contributed by atoms with Crippen LogP contribution in [-0.4, -0.2) is 58.3 Å². The van der Waals surface area contributed by atoms with E-state index in [4.69, 9.17) is 15.2 Å². The lowest BCUT2D eigenvalue weighted by atomic mass is 9.92. The van der Waals surface area contributed by atoms with Crippen molar-refractivity contribution in [2.75, 3.05) is 27.3 Å². The summed E-state index contributed by atoms with van der Waals surface area (Å²) in [7, 11) is 3.30. The Balaban J connectivity index is 2.10. The number of benzene rings is 1. The third kappa shape index (κ3) is 4.26. The average molecular weight is 417 g/mol. The van der Waals surface area contributed by atoms with Gasteiger partial charge in [-0.05, 0) is 74.8 Å². The molecule has 164 valence electrons. The molecule has 0 unspecified atom stereocenters. The monoisotopic (exact) mass is 416 g/mol. The van der Waals surface area contributed by atoms with Gasteiger partial charge in [0.25, 0.3) is 0 Å². The summed E-state index contributed by atoms with van der Waals surface area (Å²) in [6.45, 7) is 7.76. The number of hydrogen-bond acceptors (Lipinski definition) is 7. The fraction of sp³-hybridized carbons (Fsp3) is 0.619. The highest BCUT2D eigenvalue weighted by Crippen LogP contribution is 2.39. The molecule has 9 heteroatoms. The van der Waals surface area contributed by atoms with Gasteiger partial charge in [-0.25, -0.2) is 4.68 Å². The summed E-state index contributed by atoms with van der Waals surface area (Å²) in [6.07, 6.45) is 2.28. The molecular weight excluding hydrogens is 384 g/mol. The molecule has 9 nitrogen and oxygen atoms in total. The van der Waals surface area contributed by atoms with Gasteiger partial charge in [-0.3, -0.25) is 9.69 Å². The van der Waals surface area contributed by atoms with Crippen LogP contribution in [0.3, 0.4) is 0 Å². The molecule has 1 saturated heterocycles. The Labute approximate surface area is 177 Å². The summed E-state index contributed by atoms with van der Waals surface area (Å²) in [5.41, 5.74) is 6.22. The van der Waals surface area contributed by atoms with Crippen molar-refractivity contribution in [1.29, 1.82) is 0 Å². The lowest BCUT2D eigenvalue weighted by molar-refractivity contribution is -0.123. The first-order chi connectivity index (χ1) is 14.3. The Bertz CT molecular complexity index is 873. The molecule has 1 aromatic heterocycles. The Morgan fingerprint density at radius 2 is 1.97 bits per heavy atom. The van der Waals surface area contributed by atoms with E-state index in [2.05, 4.69) is 41.2 Å². The summed E-state index contributed by atoms with van der Waals surface area (Å²) in [5, 5.41) is 12.8.